The van der Waals surface area contributed by atoms with Crippen molar-refractivity contribution in [3.63, 3.8) is 0 Å². The molecule has 0 aromatic rings. The van der Waals surface area contributed by atoms with Gasteiger partial charge in [-0.15, -0.1) is 0 Å². The lowest BCUT2D eigenvalue weighted by molar-refractivity contribution is 0.275. The van der Waals surface area contributed by atoms with Gasteiger partial charge in [0.05, 0.1) is 0 Å². The molecule has 0 saturated carbocycles. The molecule has 0 spiro atoms. The Hall–Kier alpha value is -0.0400. The Bertz CT molecular complexity index is 91.0. The van der Waals surface area contributed by atoms with Crippen molar-refractivity contribution in [1.82, 2.24) is 0 Å². The van der Waals surface area contributed by atoms with E-state index in [1.807, 2.05) is 0 Å². The summed E-state index contributed by atoms with van der Waals surface area (Å²) < 4.78 is 0. The standard InChI is InChI=1S/C11H24O/c1-4-10(2)9-11(3)7-5-6-8-12/h10-12H,4-9H2,1-3H3. The molecule has 74 valence electrons. The van der Waals surface area contributed by atoms with E-state index < -0.39 is 0 Å². The molecule has 0 aliphatic carbocycles. The average molecular weight is 172 g/mol. The van der Waals surface area contributed by atoms with Gasteiger partial charge in [-0.05, 0) is 24.7 Å². The molecule has 1 nitrogen and oxygen atoms in total. The van der Waals surface area contributed by atoms with Crippen LogP contribution in [-0.4, -0.2) is 11.7 Å². The van der Waals surface area contributed by atoms with E-state index in [-0.39, 0.29) is 0 Å². The molecule has 1 N–H and O–H groups in total. The third kappa shape index (κ3) is 6.66. The van der Waals surface area contributed by atoms with Crippen molar-refractivity contribution in [1.29, 1.82) is 0 Å². The topological polar surface area (TPSA) is 20.2 Å². The fourth-order valence-corrected chi connectivity index (χ4v) is 1.58. The van der Waals surface area contributed by atoms with Crippen LogP contribution in [0.15, 0.2) is 0 Å². The van der Waals surface area contributed by atoms with Crippen molar-refractivity contribution in [2.75, 3.05) is 6.61 Å². The monoisotopic (exact) mass is 172 g/mol. The lowest BCUT2D eigenvalue weighted by atomic mass is 9.92. The van der Waals surface area contributed by atoms with Gasteiger partial charge in [0.1, 0.15) is 0 Å². The van der Waals surface area contributed by atoms with Crippen molar-refractivity contribution in [2.24, 2.45) is 11.8 Å². The predicted octanol–water partition coefficient (Wildman–Crippen LogP) is 3.22. The minimum Gasteiger partial charge on any atom is -0.396 e. The van der Waals surface area contributed by atoms with Crippen LogP contribution in [0.3, 0.4) is 0 Å². The van der Waals surface area contributed by atoms with Gasteiger partial charge in [0, 0.05) is 6.61 Å². The third-order valence-corrected chi connectivity index (χ3v) is 2.61. The molecule has 0 saturated heterocycles. The Morgan fingerprint density at radius 1 is 1.08 bits per heavy atom. The van der Waals surface area contributed by atoms with Gasteiger partial charge in [-0.25, -0.2) is 0 Å². The van der Waals surface area contributed by atoms with E-state index in [0.29, 0.717) is 6.61 Å². The van der Waals surface area contributed by atoms with E-state index in [1.54, 1.807) is 0 Å². The van der Waals surface area contributed by atoms with Crippen LogP contribution >= 0.6 is 0 Å². The summed E-state index contributed by atoms with van der Waals surface area (Å²) in [6.07, 6.45) is 6.09. The SMILES string of the molecule is CCC(C)CC(C)CCCCO. The molecule has 12 heavy (non-hydrogen) atoms. The van der Waals surface area contributed by atoms with Gasteiger partial charge in [0.2, 0.25) is 0 Å². The Labute approximate surface area is 77.2 Å². The van der Waals surface area contributed by atoms with Crippen molar-refractivity contribution < 1.29 is 5.11 Å². The third-order valence-electron chi connectivity index (χ3n) is 2.61. The van der Waals surface area contributed by atoms with E-state index >= 15 is 0 Å². The van der Waals surface area contributed by atoms with Crippen LogP contribution in [0.4, 0.5) is 0 Å². The van der Waals surface area contributed by atoms with Gasteiger partial charge in [-0.3, -0.25) is 0 Å². The maximum absolute atomic E-state index is 8.61. The largest absolute Gasteiger partial charge is 0.396 e. The normalized spacial score (nSPS) is 16.0. The van der Waals surface area contributed by atoms with Crippen molar-refractivity contribution in [3.8, 4) is 0 Å². The number of aliphatic hydroxyl groups excluding tert-OH is 1. The van der Waals surface area contributed by atoms with Crippen molar-refractivity contribution in [2.45, 2.75) is 52.9 Å². The lowest BCUT2D eigenvalue weighted by Gasteiger charge is -2.15. The second kappa shape index (κ2) is 7.60. The molecule has 0 rings (SSSR count). The summed E-state index contributed by atoms with van der Waals surface area (Å²) in [5.74, 6) is 1.71. The highest BCUT2D eigenvalue weighted by Crippen LogP contribution is 2.19. The molecule has 0 amide bonds. The van der Waals surface area contributed by atoms with Gasteiger partial charge in [0.25, 0.3) is 0 Å². The zero-order chi connectivity index (χ0) is 9.40. The van der Waals surface area contributed by atoms with Crippen LogP contribution in [0.1, 0.15) is 52.9 Å². The molecule has 2 unspecified atom stereocenters. The van der Waals surface area contributed by atoms with Crippen LogP contribution in [0.5, 0.6) is 0 Å². The fourth-order valence-electron chi connectivity index (χ4n) is 1.58. The molecule has 0 aromatic carbocycles. The minimum absolute atomic E-state index is 0.357. The van der Waals surface area contributed by atoms with Gasteiger partial charge < -0.3 is 5.11 Å². The molecule has 0 fully saturated rings. The highest BCUT2D eigenvalue weighted by atomic mass is 16.2. The van der Waals surface area contributed by atoms with Crippen LogP contribution < -0.4 is 0 Å². The summed E-state index contributed by atoms with van der Waals surface area (Å²) in [6.45, 7) is 7.26. The van der Waals surface area contributed by atoms with E-state index in [2.05, 4.69) is 20.8 Å². The van der Waals surface area contributed by atoms with Gasteiger partial charge in [-0.2, -0.15) is 0 Å². The summed E-state index contributed by atoms with van der Waals surface area (Å²) in [5.41, 5.74) is 0. The molecule has 0 bridgehead atoms. The minimum atomic E-state index is 0.357. The van der Waals surface area contributed by atoms with E-state index in [0.717, 1.165) is 18.3 Å². The van der Waals surface area contributed by atoms with Crippen LogP contribution in [0, 0.1) is 11.8 Å². The highest BCUT2D eigenvalue weighted by molar-refractivity contribution is 4.58. The zero-order valence-corrected chi connectivity index (χ0v) is 8.84. The molecule has 0 aliphatic heterocycles. The first-order chi connectivity index (χ1) is 5.70. The van der Waals surface area contributed by atoms with Gasteiger partial charge >= 0.3 is 0 Å². The van der Waals surface area contributed by atoms with Gasteiger partial charge in [0.15, 0.2) is 0 Å². The molecule has 0 aliphatic rings. The first-order valence-corrected chi connectivity index (χ1v) is 5.31. The maximum Gasteiger partial charge on any atom is 0.0431 e. The second-order valence-electron chi connectivity index (χ2n) is 4.07. The Morgan fingerprint density at radius 2 is 1.75 bits per heavy atom. The zero-order valence-electron chi connectivity index (χ0n) is 8.84. The van der Waals surface area contributed by atoms with E-state index in [1.165, 1.54) is 25.7 Å². The summed E-state index contributed by atoms with van der Waals surface area (Å²) in [4.78, 5) is 0. The molecule has 0 heterocycles. The molecular formula is C11H24O. The Morgan fingerprint density at radius 3 is 2.25 bits per heavy atom. The number of rotatable bonds is 7. The predicted molar refractivity (Wildman–Crippen MR) is 54.2 cm³/mol. The number of hydrogen-bond donors (Lipinski definition) is 1. The highest BCUT2D eigenvalue weighted by Gasteiger charge is 2.06. The van der Waals surface area contributed by atoms with Crippen LogP contribution in [0.2, 0.25) is 0 Å². The smallest absolute Gasteiger partial charge is 0.0431 e. The lowest BCUT2D eigenvalue weighted by Crippen LogP contribution is -2.02. The first-order valence-electron chi connectivity index (χ1n) is 5.31. The molecule has 2 atom stereocenters. The summed E-state index contributed by atoms with van der Waals surface area (Å²) >= 11 is 0. The maximum atomic E-state index is 8.61. The van der Waals surface area contributed by atoms with Gasteiger partial charge in [-0.1, -0.05) is 40.0 Å². The van der Waals surface area contributed by atoms with E-state index in [4.69, 9.17) is 5.11 Å². The molecule has 0 radical (unpaired) electrons. The summed E-state index contributed by atoms with van der Waals surface area (Å²) in [7, 11) is 0. The molecular weight excluding hydrogens is 148 g/mol. The van der Waals surface area contributed by atoms with Crippen LogP contribution in [-0.2, 0) is 0 Å². The Balaban J connectivity index is 3.26. The van der Waals surface area contributed by atoms with E-state index in [9.17, 15) is 0 Å². The number of hydrogen-bond acceptors (Lipinski definition) is 1. The fraction of sp³-hybridized carbons (Fsp3) is 1.00. The summed E-state index contributed by atoms with van der Waals surface area (Å²) in [5, 5.41) is 8.61. The number of aliphatic hydroxyl groups is 1. The second-order valence-corrected chi connectivity index (χ2v) is 4.07. The first kappa shape index (κ1) is 12.0. The van der Waals surface area contributed by atoms with Crippen molar-refractivity contribution in [3.05, 3.63) is 0 Å². The quantitative estimate of drug-likeness (QED) is 0.585. The Kier molecular flexibility index (Phi) is 7.58. The summed E-state index contributed by atoms with van der Waals surface area (Å²) in [6, 6.07) is 0. The number of unbranched alkanes of at least 4 members (excludes halogenated alkanes) is 1. The van der Waals surface area contributed by atoms with Crippen molar-refractivity contribution >= 4 is 0 Å². The van der Waals surface area contributed by atoms with Crippen LogP contribution in [0.25, 0.3) is 0 Å². The molecule has 1 heteroatoms. The average Bonchev–Trinajstić information content (AvgIpc) is 2.05. The molecule has 0 aromatic heterocycles.